The molecule has 0 saturated carbocycles. The molecule has 0 heterocycles. The Morgan fingerprint density at radius 2 is 1.43 bits per heavy atom. The lowest BCUT2D eigenvalue weighted by molar-refractivity contribution is -0.125. The first-order valence-corrected chi connectivity index (χ1v) is 8.02. The molecule has 122 valence electrons. The molecule has 0 bridgehead atoms. The van der Waals surface area contributed by atoms with Crippen LogP contribution < -0.4 is 5.32 Å². The first-order valence-electron chi connectivity index (χ1n) is 8.02. The average Bonchev–Trinajstić information content (AvgIpc) is 2.60. The summed E-state index contributed by atoms with van der Waals surface area (Å²) in [6.07, 6.45) is 0.716. The number of benzene rings is 2. The first-order chi connectivity index (χ1) is 11.0. The highest BCUT2D eigenvalue weighted by Crippen LogP contribution is 2.37. The van der Waals surface area contributed by atoms with Crippen LogP contribution in [0.5, 0.6) is 0 Å². The molecule has 2 rings (SSSR count). The van der Waals surface area contributed by atoms with E-state index in [1.165, 1.54) is 0 Å². The molecule has 0 aromatic heterocycles. The quantitative estimate of drug-likeness (QED) is 0.889. The standard InChI is InChI=1S/C20H26N2O/c1-16(22(3)4)15-20(19(23)21-2,17-11-7-5-8-12-17)18-13-9-6-10-14-18/h5-14,16H,15H2,1-4H3,(H,21,23)/t16-/m1/s1. The number of hydrogen-bond donors (Lipinski definition) is 1. The maximum atomic E-state index is 13.1. The lowest BCUT2D eigenvalue weighted by Crippen LogP contribution is -2.47. The molecule has 0 aliphatic rings. The number of rotatable bonds is 6. The number of carbonyl (C=O) groups is 1. The molecular formula is C20H26N2O. The summed E-state index contributed by atoms with van der Waals surface area (Å²) in [5.74, 6) is 0.0311. The fourth-order valence-electron chi connectivity index (χ4n) is 3.04. The van der Waals surface area contributed by atoms with Crippen molar-refractivity contribution in [2.24, 2.45) is 0 Å². The summed E-state index contributed by atoms with van der Waals surface area (Å²) in [4.78, 5) is 15.2. The van der Waals surface area contributed by atoms with E-state index >= 15 is 0 Å². The molecule has 0 radical (unpaired) electrons. The summed E-state index contributed by atoms with van der Waals surface area (Å²) in [5.41, 5.74) is 1.36. The number of likely N-dealkylation sites (N-methyl/N-ethyl adjacent to an activating group) is 1. The summed E-state index contributed by atoms with van der Waals surface area (Å²) in [7, 11) is 5.81. The SMILES string of the molecule is CNC(=O)C(C[C@@H](C)N(C)C)(c1ccccc1)c1ccccc1. The van der Waals surface area contributed by atoms with Gasteiger partial charge < -0.3 is 10.2 Å². The number of amides is 1. The molecule has 0 fully saturated rings. The van der Waals surface area contributed by atoms with E-state index in [2.05, 4.69) is 31.2 Å². The summed E-state index contributed by atoms with van der Waals surface area (Å²) >= 11 is 0. The van der Waals surface area contributed by atoms with E-state index in [9.17, 15) is 4.79 Å². The van der Waals surface area contributed by atoms with Crippen LogP contribution in [-0.2, 0) is 10.2 Å². The Morgan fingerprint density at radius 3 is 1.78 bits per heavy atom. The van der Waals surface area contributed by atoms with Gasteiger partial charge in [-0.1, -0.05) is 60.7 Å². The van der Waals surface area contributed by atoms with Gasteiger partial charge in [0.15, 0.2) is 0 Å². The molecule has 1 amide bonds. The van der Waals surface area contributed by atoms with E-state index in [1.54, 1.807) is 7.05 Å². The van der Waals surface area contributed by atoms with Crippen LogP contribution in [0.1, 0.15) is 24.5 Å². The van der Waals surface area contributed by atoms with Gasteiger partial charge in [-0.15, -0.1) is 0 Å². The zero-order valence-corrected chi connectivity index (χ0v) is 14.4. The minimum absolute atomic E-state index is 0.0311. The van der Waals surface area contributed by atoms with Crippen molar-refractivity contribution in [3.8, 4) is 0 Å². The minimum atomic E-state index is -0.693. The average molecular weight is 310 g/mol. The second kappa shape index (κ2) is 7.42. The maximum absolute atomic E-state index is 13.1. The van der Waals surface area contributed by atoms with Crippen molar-refractivity contribution in [1.29, 1.82) is 0 Å². The van der Waals surface area contributed by atoms with Crippen molar-refractivity contribution in [3.63, 3.8) is 0 Å². The number of carbonyl (C=O) groups excluding carboxylic acids is 1. The molecule has 3 nitrogen and oxygen atoms in total. The lowest BCUT2D eigenvalue weighted by atomic mass is 9.69. The molecule has 0 saturated heterocycles. The molecule has 2 aromatic carbocycles. The molecule has 1 N–H and O–H groups in total. The third kappa shape index (κ3) is 3.45. The summed E-state index contributed by atoms with van der Waals surface area (Å²) in [6.45, 7) is 2.16. The molecule has 3 heteroatoms. The zero-order valence-electron chi connectivity index (χ0n) is 14.4. The smallest absolute Gasteiger partial charge is 0.234 e. The normalized spacial score (nSPS) is 12.9. The van der Waals surface area contributed by atoms with Crippen LogP contribution in [0.15, 0.2) is 60.7 Å². The van der Waals surface area contributed by atoms with Crippen molar-refractivity contribution in [2.45, 2.75) is 24.8 Å². The van der Waals surface area contributed by atoms with Crippen molar-refractivity contribution >= 4 is 5.91 Å². The van der Waals surface area contributed by atoms with E-state index in [0.29, 0.717) is 6.42 Å². The Kier molecular flexibility index (Phi) is 5.56. The molecular weight excluding hydrogens is 284 g/mol. The van der Waals surface area contributed by atoms with Crippen molar-refractivity contribution in [3.05, 3.63) is 71.8 Å². The number of hydrogen-bond acceptors (Lipinski definition) is 2. The van der Waals surface area contributed by atoms with E-state index in [0.717, 1.165) is 11.1 Å². The molecule has 1 atom stereocenters. The van der Waals surface area contributed by atoms with Gasteiger partial charge in [0.2, 0.25) is 5.91 Å². The van der Waals surface area contributed by atoms with Crippen LogP contribution in [-0.4, -0.2) is 38.0 Å². The largest absolute Gasteiger partial charge is 0.358 e. The monoisotopic (exact) mass is 310 g/mol. The van der Waals surface area contributed by atoms with Gasteiger partial charge in [0.1, 0.15) is 5.41 Å². The van der Waals surface area contributed by atoms with Gasteiger partial charge >= 0.3 is 0 Å². The van der Waals surface area contributed by atoms with Crippen LogP contribution >= 0.6 is 0 Å². The Labute approximate surface area is 139 Å². The Bertz CT molecular complexity index is 583. The molecule has 0 spiro atoms. The van der Waals surface area contributed by atoms with Crippen molar-refractivity contribution in [1.82, 2.24) is 10.2 Å². The fourth-order valence-corrected chi connectivity index (χ4v) is 3.04. The second-order valence-electron chi connectivity index (χ2n) is 6.23. The van der Waals surface area contributed by atoms with Crippen LogP contribution in [0.2, 0.25) is 0 Å². The van der Waals surface area contributed by atoms with Crippen molar-refractivity contribution in [2.75, 3.05) is 21.1 Å². The highest BCUT2D eigenvalue weighted by molar-refractivity contribution is 5.92. The predicted molar refractivity (Wildman–Crippen MR) is 95.5 cm³/mol. The summed E-state index contributed by atoms with van der Waals surface area (Å²) < 4.78 is 0. The third-order valence-corrected chi connectivity index (χ3v) is 4.63. The van der Waals surface area contributed by atoms with Crippen LogP contribution in [0.25, 0.3) is 0 Å². The Balaban J connectivity index is 2.66. The zero-order chi connectivity index (χ0) is 16.9. The predicted octanol–water partition coefficient (Wildman–Crippen LogP) is 3.06. The fraction of sp³-hybridized carbons (Fsp3) is 0.350. The van der Waals surface area contributed by atoms with E-state index in [4.69, 9.17) is 0 Å². The van der Waals surface area contributed by atoms with Gasteiger partial charge in [0, 0.05) is 13.1 Å². The molecule has 23 heavy (non-hydrogen) atoms. The lowest BCUT2D eigenvalue weighted by Gasteiger charge is -2.37. The van der Waals surface area contributed by atoms with Gasteiger partial charge in [-0.3, -0.25) is 4.79 Å². The topological polar surface area (TPSA) is 32.3 Å². The van der Waals surface area contributed by atoms with Gasteiger partial charge in [0.05, 0.1) is 0 Å². The highest BCUT2D eigenvalue weighted by atomic mass is 16.2. The van der Waals surface area contributed by atoms with Crippen LogP contribution in [0.3, 0.4) is 0 Å². The molecule has 0 aliphatic heterocycles. The van der Waals surface area contributed by atoms with Gasteiger partial charge in [-0.05, 0) is 38.6 Å². The maximum Gasteiger partial charge on any atom is 0.234 e. The first kappa shape index (κ1) is 17.2. The second-order valence-corrected chi connectivity index (χ2v) is 6.23. The summed E-state index contributed by atoms with van der Waals surface area (Å²) in [5, 5.41) is 2.89. The highest BCUT2D eigenvalue weighted by Gasteiger charge is 2.42. The minimum Gasteiger partial charge on any atom is -0.358 e. The van der Waals surface area contributed by atoms with Gasteiger partial charge in [0.25, 0.3) is 0 Å². The van der Waals surface area contributed by atoms with E-state index in [-0.39, 0.29) is 11.9 Å². The molecule has 0 unspecified atom stereocenters. The van der Waals surface area contributed by atoms with E-state index < -0.39 is 5.41 Å². The molecule has 0 aliphatic carbocycles. The van der Waals surface area contributed by atoms with Gasteiger partial charge in [-0.25, -0.2) is 0 Å². The van der Waals surface area contributed by atoms with Crippen LogP contribution in [0.4, 0.5) is 0 Å². The third-order valence-electron chi connectivity index (χ3n) is 4.63. The Hall–Kier alpha value is -2.13. The van der Waals surface area contributed by atoms with E-state index in [1.807, 2.05) is 60.7 Å². The van der Waals surface area contributed by atoms with Crippen LogP contribution in [0, 0.1) is 0 Å². The van der Waals surface area contributed by atoms with Crippen molar-refractivity contribution < 1.29 is 4.79 Å². The molecule has 2 aromatic rings. The van der Waals surface area contributed by atoms with Gasteiger partial charge in [-0.2, -0.15) is 0 Å². The number of nitrogens with zero attached hydrogens (tertiary/aromatic N) is 1. The Morgan fingerprint density at radius 1 is 1.00 bits per heavy atom. The number of nitrogens with one attached hydrogen (secondary N) is 1. The summed E-state index contributed by atoms with van der Waals surface area (Å²) in [6, 6.07) is 20.4.